The number of aliphatic hydroxyl groups is 3. The largest absolute Gasteiger partial charge is 0.394 e. The molecule has 0 aromatic heterocycles. The molecule has 0 rings (SSSR count). The van der Waals surface area contributed by atoms with Crippen LogP contribution in [0.5, 0.6) is 0 Å². The minimum Gasteiger partial charge on any atom is -0.394 e. The molecule has 27 heavy (non-hydrogen) atoms. The summed E-state index contributed by atoms with van der Waals surface area (Å²) in [7, 11) is 0. The van der Waals surface area contributed by atoms with Crippen molar-refractivity contribution in [3.63, 3.8) is 0 Å². The van der Waals surface area contributed by atoms with E-state index in [4.69, 9.17) is 0 Å². The summed E-state index contributed by atoms with van der Waals surface area (Å²) < 4.78 is 0. The minimum atomic E-state index is -1.32. The van der Waals surface area contributed by atoms with E-state index in [0.717, 1.165) is 38.5 Å². The Labute approximate surface area is 166 Å². The van der Waals surface area contributed by atoms with Crippen LogP contribution in [0.4, 0.5) is 0 Å². The second-order valence-electron chi connectivity index (χ2n) is 8.05. The maximum absolute atomic E-state index is 12.7. The molecule has 0 aliphatic rings. The van der Waals surface area contributed by atoms with Crippen LogP contribution in [0.3, 0.4) is 0 Å². The van der Waals surface area contributed by atoms with Crippen LogP contribution in [-0.2, 0) is 4.79 Å². The van der Waals surface area contributed by atoms with Crippen molar-refractivity contribution in [2.75, 3.05) is 19.8 Å². The second kappa shape index (κ2) is 17.4. The van der Waals surface area contributed by atoms with E-state index in [1.807, 2.05) is 0 Å². The van der Waals surface area contributed by atoms with Crippen molar-refractivity contribution < 1.29 is 20.1 Å². The number of nitrogens with one attached hydrogen (secondary N) is 1. The zero-order valence-corrected chi connectivity index (χ0v) is 17.8. The predicted molar refractivity (Wildman–Crippen MR) is 112 cm³/mol. The van der Waals surface area contributed by atoms with Gasteiger partial charge in [0.15, 0.2) is 0 Å². The van der Waals surface area contributed by atoms with Crippen LogP contribution < -0.4 is 5.32 Å². The van der Waals surface area contributed by atoms with Crippen molar-refractivity contribution in [3.8, 4) is 0 Å². The average molecular weight is 388 g/mol. The van der Waals surface area contributed by atoms with E-state index >= 15 is 0 Å². The molecule has 0 aliphatic carbocycles. The topological polar surface area (TPSA) is 89.8 Å². The molecule has 4 N–H and O–H groups in total. The van der Waals surface area contributed by atoms with Crippen molar-refractivity contribution >= 4 is 5.91 Å². The van der Waals surface area contributed by atoms with Gasteiger partial charge >= 0.3 is 0 Å². The van der Waals surface area contributed by atoms with Gasteiger partial charge < -0.3 is 20.6 Å². The fourth-order valence-corrected chi connectivity index (χ4v) is 3.38. The molecule has 0 heterocycles. The first-order chi connectivity index (χ1) is 13.1. The summed E-state index contributed by atoms with van der Waals surface area (Å²) in [5, 5.41) is 31.1. The molecule has 5 nitrogen and oxygen atoms in total. The van der Waals surface area contributed by atoms with Gasteiger partial charge in [-0.25, -0.2) is 0 Å². The average Bonchev–Trinajstić information content (AvgIpc) is 2.69. The summed E-state index contributed by atoms with van der Waals surface area (Å²) in [6.45, 7) is 3.01. The highest BCUT2D eigenvalue weighted by molar-refractivity contribution is 5.79. The van der Waals surface area contributed by atoms with Gasteiger partial charge in [0, 0.05) is 5.92 Å². The Bertz CT molecular complexity index is 337. The molecule has 0 bridgehead atoms. The number of carbonyl (C=O) groups excluding carboxylic acids is 1. The summed E-state index contributed by atoms with van der Waals surface area (Å²) in [5.41, 5.74) is -1.32. The lowest BCUT2D eigenvalue weighted by atomic mass is 9.92. The molecule has 5 heteroatoms. The van der Waals surface area contributed by atoms with Crippen LogP contribution in [0, 0.1) is 5.92 Å². The Morgan fingerprint density at radius 2 is 1.07 bits per heavy atom. The van der Waals surface area contributed by atoms with Gasteiger partial charge in [0.2, 0.25) is 5.91 Å². The van der Waals surface area contributed by atoms with Crippen LogP contribution in [0.15, 0.2) is 0 Å². The lowest BCUT2D eigenvalue weighted by Crippen LogP contribution is -2.58. The van der Waals surface area contributed by atoms with Gasteiger partial charge in [-0.2, -0.15) is 0 Å². The van der Waals surface area contributed by atoms with Crippen LogP contribution in [0.25, 0.3) is 0 Å². The number of amides is 1. The maximum Gasteiger partial charge on any atom is 0.223 e. The highest BCUT2D eigenvalue weighted by Gasteiger charge is 2.32. The van der Waals surface area contributed by atoms with Gasteiger partial charge in [0.05, 0.1) is 19.8 Å². The Morgan fingerprint density at radius 1 is 0.704 bits per heavy atom. The molecule has 162 valence electrons. The molecule has 0 saturated heterocycles. The molecular formula is C22H45NO4. The normalized spacial score (nSPS) is 12.9. The van der Waals surface area contributed by atoms with Crippen molar-refractivity contribution in [1.29, 1.82) is 0 Å². The molecule has 1 amide bonds. The van der Waals surface area contributed by atoms with E-state index in [2.05, 4.69) is 19.2 Å². The van der Waals surface area contributed by atoms with E-state index in [-0.39, 0.29) is 11.8 Å². The van der Waals surface area contributed by atoms with Gasteiger partial charge in [-0.05, 0) is 12.8 Å². The summed E-state index contributed by atoms with van der Waals surface area (Å²) in [5.74, 6) is -0.250. The van der Waals surface area contributed by atoms with Gasteiger partial charge in [-0.3, -0.25) is 4.79 Å². The van der Waals surface area contributed by atoms with Crippen LogP contribution in [-0.4, -0.2) is 46.6 Å². The van der Waals surface area contributed by atoms with E-state index in [1.165, 1.54) is 51.4 Å². The highest BCUT2D eigenvalue weighted by atomic mass is 16.3. The van der Waals surface area contributed by atoms with Gasteiger partial charge in [0.1, 0.15) is 5.54 Å². The Hall–Kier alpha value is -0.650. The summed E-state index contributed by atoms with van der Waals surface area (Å²) >= 11 is 0. The molecule has 0 radical (unpaired) electrons. The zero-order chi connectivity index (χ0) is 20.4. The highest BCUT2D eigenvalue weighted by Crippen LogP contribution is 2.20. The molecule has 0 fully saturated rings. The lowest BCUT2D eigenvalue weighted by molar-refractivity contribution is -0.130. The monoisotopic (exact) mass is 387 g/mol. The third kappa shape index (κ3) is 12.4. The van der Waals surface area contributed by atoms with E-state index in [0.29, 0.717) is 0 Å². The number of hydrogen-bond acceptors (Lipinski definition) is 4. The molecule has 0 aliphatic heterocycles. The number of unbranched alkanes of at least 4 members (excludes halogenated alkanes) is 10. The Morgan fingerprint density at radius 3 is 1.44 bits per heavy atom. The number of carbonyl (C=O) groups is 1. The zero-order valence-electron chi connectivity index (χ0n) is 17.8. The molecular weight excluding hydrogens is 342 g/mol. The molecule has 0 aromatic carbocycles. The molecule has 0 aromatic rings. The number of aliphatic hydroxyl groups excluding tert-OH is 3. The van der Waals surface area contributed by atoms with Crippen molar-refractivity contribution in [1.82, 2.24) is 5.32 Å². The van der Waals surface area contributed by atoms with E-state index in [1.54, 1.807) is 0 Å². The summed E-state index contributed by atoms with van der Waals surface area (Å²) in [6, 6.07) is 0. The smallest absolute Gasteiger partial charge is 0.223 e. The first kappa shape index (κ1) is 26.4. The fraction of sp³-hybridized carbons (Fsp3) is 0.955. The SMILES string of the molecule is CCCCCCCCCC(CCCCCCC)C(=O)NC(CO)(CO)CO. The minimum absolute atomic E-state index is 0.105. The predicted octanol–water partition coefficient (Wildman–Crippen LogP) is 3.94. The maximum atomic E-state index is 12.7. The van der Waals surface area contributed by atoms with Gasteiger partial charge in [0.25, 0.3) is 0 Å². The number of hydrogen-bond donors (Lipinski definition) is 4. The van der Waals surface area contributed by atoms with Gasteiger partial charge in [-0.1, -0.05) is 90.9 Å². The molecule has 1 unspecified atom stereocenters. The van der Waals surface area contributed by atoms with E-state index < -0.39 is 25.4 Å². The number of rotatable bonds is 19. The standard InChI is InChI=1S/C22H45NO4/c1-3-5-7-9-10-12-14-16-20(15-13-11-8-6-4-2)21(27)23-22(17-24,18-25)19-26/h20,24-26H,3-19H2,1-2H3,(H,23,27). The quantitative estimate of drug-likeness (QED) is 0.253. The summed E-state index contributed by atoms with van der Waals surface area (Å²) in [4.78, 5) is 12.7. The van der Waals surface area contributed by atoms with Crippen LogP contribution in [0.2, 0.25) is 0 Å². The van der Waals surface area contributed by atoms with Crippen molar-refractivity contribution in [2.24, 2.45) is 5.92 Å². The third-order valence-corrected chi connectivity index (χ3v) is 5.48. The first-order valence-corrected chi connectivity index (χ1v) is 11.2. The van der Waals surface area contributed by atoms with Crippen molar-refractivity contribution in [2.45, 2.75) is 109 Å². The third-order valence-electron chi connectivity index (χ3n) is 5.48. The first-order valence-electron chi connectivity index (χ1n) is 11.2. The molecule has 0 spiro atoms. The molecule has 0 saturated carbocycles. The second-order valence-corrected chi connectivity index (χ2v) is 8.05. The van der Waals surface area contributed by atoms with Crippen LogP contribution in [0.1, 0.15) is 104 Å². The van der Waals surface area contributed by atoms with E-state index in [9.17, 15) is 20.1 Å². The Kier molecular flexibility index (Phi) is 17.0. The fourth-order valence-electron chi connectivity index (χ4n) is 3.38. The summed E-state index contributed by atoms with van der Waals surface area (Å²) in [6.07, 6.45) is 16.0. The van der Waals surface area contributed by atoms with Crippen molar-refractivity contribution in [3.05, 3.63) is 0 Å². The van der Waals surface area contributed by atoms with Gasteiger partial charge in [-0.15, -0.1) is 0 Å². The Balaban J connectivity index is 4.46. The van der Waals surface area contributed by atoms with Crippen LogP contribution >= 0.6 is 0 Å². The molecule has 1 atom stereocenters. The lowest BCUT2D eigenvalue weighted by Gasteiger charge is -2.31.